The van der Waals surface area contributed by atoms with Crippen LogP contribution in [0, 0.1) is 0 Å². The summed E-state index contributed by atoms with van der Waals surface area (Å²) in [5, 5.41) is 3.36. The van der Waals surface area contributed by atoms with Crippen LogP contribution in [-0.2, 0) is 16.4 Å². The molecule has 2 N–H and O–H groups in total. The molecule has 0 saturated carbocycles. The highest BCUT2D eigenvalue weighted by Gasteiger charge is 2.22. The van der Waals surface area contributed by atoms with Crippen LogP contribution < -0.4 is 10.0 Å². The average molecular weight is 358 g/mol. The van der Waals surface area contributed by atoms with Crippen molar-refractivity contribution in [3.63, 3.8) is 0 Å². The molecule has 1 aliphatic rings. The Morgan fingerprint density at radius 3 is 2.80 bits per heavy atom. The molecule has 132 valence electrons. The van der Waals surface area contributed by atoms with Gasteiger partial charge in [0, 0.05) is 24.6 Å². The Morgan fingerprint density at radius 2 is 2.00 bits per heavy atom. The zero-order valence-electron chi connectivity index (χ0n) is 14.2. The van der Waals surface area contributed by atoms with Gasteiger partial charge in [-0.25, -0.2) is 13.1 Å². The summed E-state index contributed by atoms with van der Waals surface area (Å²) < 4.78 is 27.9. The SMILES string of the molecule is CCC(=O)c1cccc(S(=O)(=O)NCC2NCCc3ccccc32)c1. The van der Waals surface area contributed by atoms with E-state index in [1.807, 2.05) is 18.2 Å². The molecule has 0 fully saturated rings. The number of fused-ring (bicyclic) bond motifs is 1. The normalized spacial score (nSPS) is 17.1. The molecule has 1 heterocycles. The first-order valence-corrected chi connectivity index (χ1v) is 9.93. The van der Waals surface area contributed by atoms with E-state index in [1.54, 1.807) is 19.1 Å². The molecule has 1 unspecified atom stereocenters. The van der Waals surface area contributed by atoms with Crippen molar-refractivity contribution in [2.45, 2.75) is 30.7 Å². The molecule has 3 rings (SSSR count). The van der Waals surface area contributed by atoms with E-state index in [2.05, 4.69) is 16.1 Å². The van der Waals surface area contributed by atoms with Crippen LogP contribution in [0.3, 0.4) is 0 Å². The van der Waals surface area contributed by atoms with Crippen molar-refractivity contribution >= 4 is 15.8 Å². The van der Waals surface area contributed by atoms with E-state index in [0.717, 1.165) is 18.5 Å². The quantitative estimate of drug-likeness (QED) is 0.778. The van der Waals surface area contributed by atoms with E-state index < -0.39 is 10.0 Å². The number of ketones is 1. The minimum absolute atomic E-state index is 0.0554. The van der Waals surface area contributed by atoms with Crippen molar-refractivity contribution < 1.29 is 13.2 Å². The Bertz CT molecular complexity index is 878. The molecular formula is C19H22N2O3S. The lowest BCUT2D eigenvalue weighted by Crippen LogP contribution is -2.38. The highest BCUT2D eigenvalue weighted by atomic mass is 32.2. The predicted octanol–water partition coefficient (Wildman–Crippen LogP) is 2.44. The van der Waals surface area contributed by atoms with Crippen LogP contribution in [0.5, 0.6) is 0 Å². The standard InChI is InChI=1S/C19H22N2O3S/c1-2-19(22)15-7-5-8-16(12-15)25(23,24)21-13-18-17-9-4-3-6-14(17)10-11-20-18/h3-9,12,18,20-21H,2,10-11,13H2,1H3. The second kappa shape index (κ2) is 7.47. The lowest BCUT2D eigenvalue weighted by molar-refractivity contribution is 0.0988. The molecule has 0 bridgehead atoms. The number of sulfonamides is 1. The van der Waals surface area contributed by atoms with Gasteiger partial charge in [0.05, 0.1) is 4.90 Å². The Morgan fingerprint density at radius 1 is 1.20 bits per heavy atom. The number of Topliss-reactive ketones (excluding diaryl/α,β-unsaturated/α-hetero) is 1. The largest absolute Gasteiger partial charge is 0.308 e. The second-order valence-electron chi connectivity index (χ2n) is 6.11. The topological polar surface area (TPSA) is 75.3 Å². The van der Waals surface area contributed by atoms with Crippen molar-refractivity contribution in [3.05, 3.63) is 65.2 Å². The zero-order valence-corrected chi connectivity index (χ0v) is 15.0. The first-order chi connectivity index (χ1) is 12.0. The van der Waals surface area contributed by atoms with Gasteiger partial charge in [-0.15, -0.1) is 0 Å². The third-order valence-electron chi connectivity index (χ3n) is 4.48. The summed E-state index contributed by atoms with van der Waals surface area (Å²) in [7, 11) is -3.67. The highest BCUT2D eigenvalue weighted by molar-refractivity contribution is 7.89. The fourth-order valence-electron chi connectivity index (χ4n) is 3.09. The van der Waals surface area contributed by atoms with E-state index >= 15 is 0 Å². The molecule has 1 atom stereocenters. The van der Waals surface area contributed by atoms with E-state index in [0.29, 0.717) is 12.0 Å². The summed E-state index contributed by atoms with van der Waals surface area (Å²) in [6, 6.07) is 14.2. The van der Waals surface area contributed by atoms with Gasteiger partial charge in [-0.3, -0.25) is 4.79 Å². The summed E-state index contributed by atoms with van der Waals surface area (Å²) in [6.07, 6.45) is 1.29. The van der Waals surface area contributed by atoms with E-state index in [9.17, 15) is 13.2 Å². The van der Waals surface area contributed by atoms with Gasteiger partial charge < -0.3 is 5.32 Å². The van der Waals surface area contributed by atoms with Crippen LogP contribution in [-0.4, -0.2) is 27.3 Å². The van der Waals surface area contributed by atoms with Gasteiger partial charge >= 0.3 is 0 Å². The summed E-state index contributed by atoms with van der Waals surface area (Å²) in [5.74, 6) is -0.0695. The highest BCUT2D eigenvalue weighted by Crippen LogP contribution is 2.22. The third-order valence-corrected chi connectivity index (χ3v) is 5.90. The second-order valence-corrected chi connectivity index (χ2v) is 7.88. The molecule has 0 spiro atoms. The van der Waals surface area contributed by atoms with Gasteiger partial charge in [-0.2, -0.15) is 0 Å². The Hall–Kier alpha value is -2.02. The van der Waals surface area contributed by atoms with Gasteiger partial charge in [-0.05, 0) is 36.2 Å². The van der Waals surface area contributed by atoms with Gasteiger partial charge in [0.15, 0.2) is 5.78 Å². The minimum atomic E-state index is -3.67. The molecule has 1 aliphatic heterocycles. The minimum Gasteiger partial charge on any atom is -0.308 e. The van der Waals surface area contributed by atoms with E-state index in [1.165, 1.54) is 17.7 Å². The Labute approximate surface area is 148 Å². The zero-order chi connectivity index (χ0) is 17.9. The van der Waals surface area contributed by atoms with Crippen LogP contribution >= 0.6 is 0 Å². The summed E-state index contributed by atoms with van der Waals surface area (Å²) in [4.78, 5) is 11.9. The van der Waals surface area contributed by atoms with Crippen molar-refractivity contribution in [1.82, 2.24) is 10.0 Å². The fourth-order valence-corrected chi connectivity index (χ4v) is 4.18. The Kier molecular flexibility index (Phi) is 5.32. The molecule has 6 heteroatoms. The van der Waals surface area contributed by atoms with Crippen LogP contribution in [0.25, 0.3) is 0 Å². The summed E-state index contributed by atoms with van der Waals surface area (Å²) >= 11 is 0. The van der Waals surface area contributed by atoms with Gasteiger partial charge in [0.2, 0.25) is 10.0 Å². The number of benzene rings is 2. The maximum absolute atomic E-state index is 12.6. The van der Waals surface area contributed by atoms with E-state index in [-0.39, 0.29) is 23.3 Å². The number of carbonyl (C=O) groups excluding carboxylic acids is 1. The lowest BCUT2D eigenvalue weighted by Gasteiger charge is -2.27. The molecule has 2 aromatic rings. The fraction of sp³-hybridized carbons (Fsp3) is 0.316. The van der Waals surface area contributed by atoms with Crippen LogP contribution in [0.2, 0.25) is 0 Å². The molecule has 0 aliphatic carbocycles. The number of rotatable bonds is 6. The third kappa shape index (κ3) is 3.98. The maximum Gasteiger partial charge on any atom is 0.240 e. The van der Waals surface area contributed by atoms with Crippen LogP contribution in [0.1, 0.15) is 40.9 Å². The molecule has 25 heavy (non-hydrogen) atoms. The first kappa shape index (κ1) is 17.8. The predicted molar refractivity (Wildman–Crippen MR) is 97.1 cm³/mol. The molecule has 0 radical (unpaired) electrons. The smallest absolute Gasteiger partial charge is 0.240 e. The van der Waals surface area contributed by atoms with Crippen LogP contribution in [0.15, 0.2) is 53.4 Å². The van der Waals surface area contributed by atoms with Gasteiger partial charge in [0.1, 0.15) is 0 Å². The summed E-state index contributed by atoms with van der Waals surface area (Å²) in [5.41, 5.74) is 2.80. The van der Waals surface area contributed by atoms with Crippen molar-refractivity contribution in [2.75, 3.05) is 13.1 Å². The molecular weight excluding hydrogens is 336 g/mol. The van der Waals surface area contributed by atoms with E-state index in [4.69, 9.17) is 0 Å². The van der Waals surface area contributed by atoms with Crippen molar-refractivity contribution in [2.24, 2.45) is 0 Å². The first-order valence-electron chi connectivity index (χ1n) is 8.45. The number of hydrogen-bond acceptors (Lipinski definition) is 4. The molecule has 5 nitrogen and oxygen atoms in total. The van der Waals surface area contributed by atoms with Crippen molar-refractivity contribution in [3.8, 4) is 0 Å². The lowest BCUT2D eigenvalue weighted by atomic mass is 9.95. The average Bonchev–Trinajstić information content (AvgIpc) is 2.66. The van der Waals surface area contributed by atoms with Crippen LogP contribution in [0.4, 0.5) is 0 Å². The number of carbonyl (C=O) groups is 1. The number of hydrogen-bond donors (Lipinski definition) is 2. The Balaban J connectivity index is 1.76. The monoisotopic (exact) mass is 358 g/mol. The molecule has 0 saturated heterocycles. The summed E-state index contributed by atoms with van der Waals surface area (Å²) in [6.45, 7) is 2.85. The number of nitrogens with one attached hydrogen (secondary N) is 2. The van der Waals surface area contributed by atoms with Gasteiger partial charge in [-0.1, -0.05) is 43.3 Å². The van der Waals surface area contributed by atoms with Gasteiger partial charge in [0.25, 0.3) is 0 Å². The molecule has 0 amide bonds. The van der Waals surface area contributed by atoms with Crippen molar-refractivity contribution in [1.29, 1.82) is 0 Å². The maximum atomic E-state index is 12.6. The molecule has 0 aromatic heterocycles. The molecule has 2 aromatic carbocycles.